The Morgan fingerprint density at radius 3 is 2.10 bits per heavy atom. The molecule has 1 aromatic rings. The number of hydrogen-bond acceptors (Lipinski definition) is 3. The smallest absolute Gasteiger partial charge is 0.160 e. The minimum absolute atomic E-state index is 0.0115. The second-order valence-corrected chi connectivity index (χ2v) is 9.21. The van der Waals surface area contributed by atoms with E-state index < -0.39 is 0 Å². The zero-order valence-electron chi connectivity index (χ0n) is 17.6. The molecule has 2 aliphatic carbocycles. The SMILES string of the molecule is N#Cc1ccc([C@H]2CC[C@H]([C@H]3CC[C@H](C=CCC4OCCCO4)CC3)CC2)cc1. The van der Waals surface area contributed by atoms with E-state index in [2.05, 4.69) is 30.4 Å². The molecular formula is C26H35NO2. The van der Waals surface area contributed by atoms with Crippen LogP contribution in [0.5, 0.6) is 0 Å². The van der Waals surface area contributed by atoms with Crippen molar-refractivity contribution in [2.45, 2.75) is 76.4 Å². The topological polar surface area (TPSA) is 42.2 Å². The number of hydrogen-bond donors (Lipinski definition) is 0. The molecule has 3 heteroatoms. The molecule has 2 saturated carbocycles. The lowest BCUT2D eigenvalue weighted by atomic mass is 9.68. The van der Waals surface area contributed by atoms with Crippen molar-refractivity contribution in [2.24, 2.45) is 17.8 Å². The first kappa shape index (κ1) is 20.6. The van der Waals surface area contributed by atoms with Gasteiger partial charge in [0.15, 0.2) is 6.29 Å². The molecular weight excluding hydrogens is 358 g/mol. The number of allylic oxidation sites excluding steroid dienone is 1. The van der Waals surface area contributed by atoms with Gasteiger partial charge in [-0.05, 0) is 99.2 Å². The van der Waals surface area contributed by atoms with Gasteiger partial charge in [-0.1, -0.05) is 24.3 Å². The minimum atomic E-state index is -0.0115. The quantitative estimate of drug-likeness (QED) is 0.548. The maximum absolute atomic E-state index is 8.98. The Hall–Kier alpha value is -1.63. The van der Waals surface area contributed by atoms with Gasteiger partial charge in [0.1, 0.15) is 0 Å². The lowest BCUT2D eigenvalue weighted by molar-refractivity contribution is -0.175. The van der Waals surface area contributed by atoms with Crippen LogP contribution < -0.4 is 0 Å². The number of rotatable bonds is 5. The lowest BCUT2D eigenvalue weighted by Gasteiger charge is -2.37. The maximum Gasteiger partial charge on any atom is 0.160 e. The standard InChI is InChI=1S/C26H35NO2/c27-19-21-7-11-23(12-8-21)25-15-13-24(14-16-25)22-9-5-20(6-10-22)3-1-4-26-28-17-2-18-29-26/h1,3,7-8,11-12,20,22,24-26H,2,4-6,9-10,13-18H2/t20-,22-,24-,25-. The van der Waals surface area contributed by atoms with Gasteiger partial charge in [-0.15, -0.1) is 0 Å². The Labute approximate surface area is 176 Å². The lowest BCUT2D eigenvalue weighted by Crippen LogP contribution is -2.25. The minimum Gasteiger partial charge on any atom is -0.352 e. The predicted octanol–water partition coefficient (Wildman–Crippen LogP) is 6.35. The molecule has 0 N–H and O–H groups in total. The van der Waals surface area contributed by atoms with Gasteiger partial charge in [0.25, 0.3) is 0 Å². The fraction of sp³-hybridized carbons (Fsp3) is 0.654. The van der Waals surface area contributed by atoms with Gasteiger partial charge in [0.2, 0.25) is 0 Å². The Kier molecular flexibility index (Phi) is 7.41. The highest BCUT2D eigenvalue weighted by atomic mass is 16.7. The molecule has 0 bridgehead atoms. The number of benzene rings is 1. The zero-order valence-corrected chi connectivity index (χ0v) is 17.6. The van der Waals surface area contributed by atoms with Crippen molar-refractivity contribution in [1.82, 2.24) is 0 Å². The molecule has 3 fully saturated rings. The predicted molar refractivity (Wildman–Crippen MR) is 115 cm³/mol. The average Bonchev–Trinajstić information content (AvgIpc) is 2.80. The monoisotopic (exact) mass is 393 g/mol. The highest BCUT2D eigenvalue weighted by molar-refractivity contribution is 5.33. The summed E-state index contributed by atoms with van der Waals surface area (Å²) in [7, 11) is 0. The average molecular weight is 394 g/mol. The van der Waals surface area contributed by atoms with Gasteiger partial charge in [0, 0.05) is 6.42 Å². The first-order chi connectivity index (χ1) is 14.3. The molecule has 0 spiro atoms. The molecule has 0 radical (unpaired) electrons. The Morgan fingerprint density at radius 1 is 0.862 bits per heavy atom. The first-order valence-electron chi connectivity index (χ1n) is 11.7. The normalized spacial score (nSPS) is 31.6. The highest BCUT2D eigenvalue weighted by Gasteiger charge is 2.30. The fourth-order valence-corrected chi connectivity index (χ4v) is 5.62. The molecule has 0 aromatic heterocycles. The molecule has 156 valence electrons. The summed E-state index contributed by atoms with van der Waals surface area (Å²) in [6, 6.07) is 10.5. The molecule has 3 aliphatic rings. The van der Waals surface area contributed by atoms with Crippen molar-refractivity contribution in [1.29, 1.82) is 5.26 Å². The molecule has 3 nitrogen and oxygen atoms in total. The third-order valence-electron chi connectivity index (χ3n) is 7.40. The maximum atomic E-state index is 8.98. The van der Waals surface area contributed by atoms with Gasteiger partial charge in [-0.25, -0.2) is 0 Å². The first-order valence-corrected chi connectivity index (χ1v) is 11.7. The number of nitriles is 1. The molecule has 1 aromatic carbocycles. The highest BCUT2D eigenvalue weighted by Crippen LogP contribution is 2.44. The van der Waals surface area contributed by atoms with E-state index >= 15 is 0 Å². The fourth-order valence-electron chi connectivity index (χ4n) is 5.62. The van der Waals surface area contributed by atoms with Crippen LogP contribution in [0.15, 0.2) is 36.4 Å². The van der Waals surface area contributed by atoms with Crippen LogP contribution >= 0.6 is 0 Å². The van der Waals surface area contributed by atoms with Crippen molar-refractivity contribution < 1.29 is 9.47 Å². The molecule has 1 saturated heterocycles. The van der Waals surface area contributed by atoms with Crippen LogP contribution in [0.2, 0.25) is 0 Å². The summed E-state index contributed by atoms with van der Waals surface area (Å²) in [4.78, 5) is 0. The van der Waals surface area contributed by atoms with E-state index in [1.165, 1.54) is 56.9 Å². The molecule has 0 atom stereocenters. The third kappa shape index (κ3) is 5.71. The van der Waals surface area contributed by atoms with Crippen molar-refractivity contribution in [3.05, 3.63) is 47.5 Å². The van der Waals surface area contributed by atoms with Gasteiger partial charge in [0.05, 0.1) is 24.8 Å². The van der Waals surface area contributed by atoms with Gasteiger partial charge in [-0.2, -0.15) is 5.26 Å². The molecule has 29 heavy (non-hydrogen) atoms. The summed E-state index contributed by atoms with van der Waals surface area (Å²) in [5.41, 5.74) is 2.20. The molecule has 1 heterocycles. The number of nitrogens with zero attached hydrogens (tertiary/aromatic N) is 1. The van der Waals surface area contributed by atoms with E-state index in [-0.39, 0.29) is 6.29 Å². The van der Waals surface area contributed by atoms with Crippen LogP contribution in [-0.2, 0) is 9.47 Å². The summed E-state index contributed by atoms with van der Waals surface area (Å²) >= 11 is 0. The van der Waals surface area contributed by atoms with Crippen LogP contribution in [0.25, 0.3) is 0 Å². The summed E-state index contributed by atoms with van der Waals surface area (Å²) < 4.78 is 11.3. The summed E-state index contributed by atoms with van der Waals surface area (Å²) in [5, 5.41) is 8.98. The Bertz CT molecular complexity index is 682. The van der Waals surface area contributed by atoms with E-state index in [9.17, 15) is 0 Å². The molecule has 4 rings (SSSR count). The second-order valence-electron chi connectivity index (χ2n) is 9.21. The van der Waals surface area contributed by atoms with Crippen LogP contribution in [0.4, 0.5) is 0 Å². The van der Waals surface area contributed by atoms with Crippen LogP contribution in [0.1, 0.15) is 81.3 Å². The second kappa shape index (κ2) is 10.4. The van der Waals surface area contributed by atoms with E-state index in [1.54, 1.807) is 0 Å². The van der Waals surface area contributed by atoms with E-state index in [4.69, 9.17) is 14.7 Å². The van der Waals surface area contributed by atoms with E-state index in [0.717, 1.165) is 49.4 Å². The van der Waals surface area contributed by atoms with Crippen molar-refractivity contribution in [3.8, 4) is 6.07 Å². The summed E-state index contributed by atoms with van der Waals surface area (Å²) in [6.45, 7) is 1.69. The number of ether oxygens (including phenoxy) is 2. The summed E-state index contributed by atoms with van der Waals surface area (Å²) in [5.74, 6) is 3.32. The van der Waals surface area contributed by atoms with Crippen molar-refractivity contribution in [3.63, 3.8) is 0 Å². The Balaban J connectivity index is 1.17. The molecule has 0 unspecified atom stereocenters. The largest absolute Gasteiger partial charge is 0.352 e. The molecule has 0 amide bonds. The molecule has 1 aliphatic heterocycles. The van der Waals surface area contributed by atoms with E-state index in [0.29, 0.717) is 5.92 Å². The van der Waals surface area contributed by atoms with Gasteiger partial charge in [-0.3, -0.25) is 0 Å². The zero-order chi connectivity index (χ0) is 19.9. The van der Waals surface area contributed by atoms with Gasteiger partial charge < -0.3 is 9.47 Å². The van der Waals surface area contributed by atoms with Crippen LogP contribution in [-0.4, -0.2) is 19.5 Å². The van der Waals surface area contributed by atoms with Crippen molar-refractivity contribution >= 4 is 0 Å². The third-order valence-corrected chi connectivity index (χ3v) is 7.40. The van der Waals surface area contributed by atoms with Crippen molar-refractivity contribution in [2.75, 3.05) is 13.2 Å². The van der Waals surface area contributed by atoms with Crippen LogP contribution in [0.3, 0.4) is 0 Å². The van der Waals surface area contributed by atoms with Crippen LogP contribution in [0, 0.1) is 29.1 Å². The Morgan fingerprint density at radius 2 is 1.48 bits per heavy atom. The summed E-state index contributed by atoms with van der Waals surface area (Å²) in [6.07, 6.45) is 17.5. The van der Waals surface area contributed by atoms with E-state index in [1.807, 2.05) is 12.1 Å². The van der Waals surface area contributed by atoms with Gasteiger partial charge >= 0.3 is 0 Å².